The van der Waals surface area contributed by atoms with E-state index in [2.05, 4.69) is 15.1 Å². The van der Waals surface area contributed by atoms with Crippen molar-refractivity contribution in [3.05, 3.63) is 58.8 Å². The number of rotatable bonds is 5. The second-order valence-corrected chi connectivity index (χ2v) is 7.67. The number of benzene rings is 1. The maximum Gasteiger partial charge on any atom is 0.337 e. The van der Waals surface area contributed by atoms with Crippen molar-refractivity contribution >= 4 is 17.3 Å². The van der Waals surface area contributed by atoms with Gasteiger partial charge >= 0.3 is 5.97 Å². The molecule has 0 amide bonds. The Balaban J connectivity index is 1.32. The van der Waals surface area contributed by atoms with Crippen molar-refractivity contribution < 1.29 is 13.9 Å². The molecule has 1 saturated heterocycles. The molecule has 1 aliphatic rings. The third-order valence-corrected chi connectivity index (χ3v) is 5.99. The number of piperidine rings is 1. The number of likely N-dealkylation sites (tertiary alicyclic amines) is 1. The van der Waals surface area contributed by atoms with E-state index in [9.17, 15) is 4.79 Å². The lowest BCUT2D eigenvalue weighted by molar-refractivity contribution is 0.0600. The standard InChI is InChI=1S/C20H21N3O3S/c1-25-20(24)16-6-4-14(5-7-16)13-23-10-8-15(9-11-23)18-21-22-19(27-18)17-3-2-12-26-17/h2-7,12,15H,8-11,13H2,1H3. The summed E-state index contributed by atoms with van der Waals surface area (Å²) in [6.45, 7) is 2.94. The van der Waals surface area contributed by atoms with E-state index in [0.717, 1.165) is 48.3 Å². The van der Waals surface area contributed by atoms with Gasteiger partial charge in [0.05, 0.1) is 18.9 Å². The Hall–Kier alpha value is -2.51. The van der Waals surface area contributed by atoms with E-state index in [1.165, 1.54) is 12.7 Å². The van der Waals surface area contributed by atoms with Gasteiger partial charge < -0.3 is 9.15 Å². The number of hydrogen-bond donors (Lipinski definition) is 0. The van der Waals surface area contributed by atoms with E-state index in [4.69, 9.17) is 9.15 Å². The van der Waals surface area contributed by atoms with Crippen LogP contribution in [0.15, 0.2) is 47.1 Å². The van der Waals surface area contributed by atoms with Crippen LogP contribution < -0.4 is 0 Å². The molecule has 0 aliphatic carbocycles. The van der Waals surface area contributed by atoms with E-state index in [1.54, 1.807) is 17.6 Å². The van der Waals surface area contributed by atoms with Crippen LogP contribution in [0.4, 0.5) is 0 Å². The molecule has 27 heavy (non-hydrogen) atoms. The zero-order valence-corrected chi connectivity index (χ0v) is 15.9. The van der Waals surface area contributed by atoms with E-state index in [1.807, 2.05) is 36.4 Å². The minimum atomic E-state index is -0.298. The highest BCUT2D eigenvalue weighted by molar-refractivity contribution is 7.14. The van der Waals surface area contributed by atoms with Gasteiger partial charge in [-0.25, -0.2) is 4.79 Å². The molecule has 0 saturated carbocycles. The molecular weight excluding hydrogens is 362 g/mol. The molecule has 0 bridgehead atoms. The summed E-state index contributed by atoms with van der Waals surface area (Å²) in [6, 6.07) is 11.4. The quantitative estimate of drug-likeness (QED) is 0.621. The van der Waals surface area contributed by atoms with Gasteiger partial charge in [-0.1, -0.05) is 23.5 Å². The molecular formula is C20H21N3O3S. The number of furan rings is 1. The molecule has 0 N–H and O–H groups in total. The lowest BCUT2D eigenvalue weighted by atomic mass is 9.97. The minimum Gasteiger partial charge on any atom is -0.465 e. The molecule has 0 atom stereocenters. The summed E-state index contributed by atoms with van der Waals surface area (Å²) in [4.78, 5) is 14.0. The SMILES string of the molecule is COC(=O)c1ccc(CN2CCC(c3nnc(-c4ccco4)s3)CC2)cc1. The summed E-state index contributed by atoms with van der Waals surface area (Å²) in [5, 5.41) is 10.6. The van der Waals surface area contributed by atoms with Crippen LogP contribution >= 0.6 is 11.3 Å². The summed E-state index contributed by atoms with van der Waals surface area (Å²) in [6.07, 6.45) is 3.81. The van der Waals surface area contributed by atoms with Gasteiger partial charge in [0.2, 0.25) is 0 Å². The topological polar surface area (TPSA) is 68.5 Å². The highest BCUT2D eigenvalue weighted by atomic mass is 32.1. The van der Waals surface area contributed by atoms with Gasteiger partial charge in [0.1, 0.15) is 5.01 Å². The minimum absolute atomic E-state index is 0.298. The Morgan fingerprint density at radius 3 is 2.67 bits per heavy atom. The molecule has 0 unspecified atom stereocenters. The van der Waals surface area contributed by atoms with Crippen molar-refractivity contribution in [3.63, 3.8) is 0 Å². The first kappa shape index (κ1) is 17.9. The average molecular weight is 383 g/mol. The van der Waals surface area contributed by atoms with E-state index < -0.39 is 0 Å². The van der Waals surface area contributed by atoms with Gasteiger partial charge in [0.15, 0.2) is 10.8 Å². The number of carbonyl (C=O) groups excluding carboxylic acids is 1. The van der Waals surface area contributed by atoms with Crippen molar-refractivity contribution in [2.24, 2.45) is 0 Å². The maximum absolute atomic E-state index is 11.5. The van der Waals surface area contributed by atoms with Crippen LogP contribution in [0.2, 0.25) is 0 Å². The van der Waals surface area contributed by atoms with E-state index in [-0.39, 0.29) is 5.97 Å². The van der Waals surface area contributed by atoms with Crippen molar-refractivity contribution in [3.8, 4) is 10.8 Å². The van der Waals surface area contributed by atoms with Gasteiger partial charge in [-0.15, -0.1) is 10.2 Å². The molecule has 140 valence electrons. The van der Waals surface area contributed by atoms with E-state index >= 15 is 0 Å². The number of carbonyl (C=O) groups is 1. The predicted octanol–water partition coefficient (Wildman–Crippen LogP) is 3.96. The third-order valence-electron chi connectivity index (χ3n) is 4.89. The monoisotopic (exact) mass is 383 g/mol. The molecule has 2 aromatic heterocycles. The number of esters is 1. The van der Waals surface area contributed by atoms with Gasteiger partial charge in [-0.2, -0.15) is 0 Å². The molecule has 4 rings (SSSR count). The Morgan fingerprint density at radius 2 is 2.00 bits per heavy atom. The lowest BCUT2D eigenvalue weighted by Crippen LogP contribution is -2.32. The average Bonchev–Trinajstić information content (AvgIpc) is 3.40. The van der Waals surface area contributed by atoms with E-state index in [0.29, 0.717) is 11.5 Å². The van der Waals surface area contributed by atoms with Crippen LogP contribution in [0.5, 0.6) is 0 Å². The largest absolute Gasteiger partial charge is 0.465 e. The fraction of sp³-hybridized carbons (Fsp3) is 0.350. The highest BCUT2D eigenvalue weighted by Gasteiger charge is 2.24. The molecule has 6 nitrogen and oxygen atoms in total. The first-order valence-electron chi connectivity index (χ1n) is 9.00. The van der Waals surface area contributed by atoms with Gasteiger partial charge in [-0.05, 0) is 55.8 Å². The Kier molecular flexibility index (Phi) is 5.31. The summed E-state index contributed by atoms with van der Waals surface area (Å²) < 4.78 is 10.1. The van der Waals surface area contributed by atoms with Crippen LogP contribution in [-0.2, 0) is 11.3 Å². The van der Waals surface area contributed by atoms with Gasteiger partial charge in [0, 0.05) is 12.5 Å². The van der Waals surface area contributed by atoms with Crippen molar-refractivity contribution in [1.82, 2.24) is 15.1 Å². The molecule has 7 heteroatoms. The predicted molar refractivity (Wildman–Crippen MR) is 103 cm³/mol. The normalized spacial score (nSPS) is 15.7. The Bertz CT molecular complexity index is 882. The summed E-state index contributed by atoms with van der Waals surface area (Å²) >= 11 is 1.63. The molecule has 3 aromatic rings. The van der Waals surface area contributed by atoms with Crippen molar-refractivity contribution in [2.75, 3.05) is 20.2 Å². The zero-order chi connectivity index (χ0) is 18.6. The van der Waals surface area contributed by atoms with Crippen molar-refractivity contribution in [2.45, 2.75) is 25.3 Å². The number of aromatic nitrogens is 2. The van der Waals surface area contributed by atoms with Gasteiger partial charge in [-0.3, -0.25) is 4.90 Å². The summed E-state index contributed by atoms with van der Waals surface area (Å²) in [5.41, 5.74) is 1.79. The zero-order valence-electron chi connectivity index (χ0n) is 15.1. The summed E-state index contributed by atoms with van der Waals surface area (Å²) in [7, 11) is 1.40. The smallest absolute Gasteiger partial charge is 0.337 e. The Labute approximate surface area is 161 Å². The molecule has 1 aliphatic heterocycles. The molecule has 0 radical (unpaired) electrons. The van der Waals surface area contributed by atoms with Crippen molar-refractivity contribution in [1.29, 1.82) is 0 Å². The number of methoxy groups -OCH3 is 1. The second-order valence-electron chi connectivity index (χ2n) is 6.66. The maximum atomic E-state index is 11.5. The molecule has 3 heterocycles. The van der Waals surface area contributed by atoms with Crippen LogP contribution in [0.1, 0.15) is 39.7 Å². The van der Waals surface area contributed by atoms with Gasteiger partial charge in [0.25, 0.3) is 0 Å². The second kappa shape index (κ2) is 8.02. The lowest BCUT2D eigenvalue weighted by Gasteiger charge is -2.30. The Morgan fingerprint density at radius 1 is 1.22 bits per heavy atom. The molecule has 1 fully saturated rings. The number of hydrogen-bond acceptors (Lipinski definition) is 7. The number of nitrogens with zero attached hydrogens (tertiary/aromatic N) is 3. The first-order valence-corrected chi connectivity index (χ1v) is 9.81. The third kappa shape index (κ3) is 4.09. The molecule has 0 spiro atoms. The van der Waals surface area contributed by atoms with Crippen LogP contribution in [0, 0.1) is 0 Å². The number of ether oxygens (including phenoxy) is 1. The fourth-order valence-corrected chi connectivity index (χ4v) is 4.34. The highest BCUT2D eigenvalue weighted by Crippen LogP contribution is 2.33. The van der Waals surface area contributed by atoms with Crippen LogP contribution in [0.3, 0.4) is 0 Å². The van der Waals surface area contributed by atoms with Crippen LogP contribution in [0.25, 0.3) is 10.8 Å². The fourth-order valence-electron chi connectivity index (χ4n) is 3.36. The molecule has 1 aromatic carbocycles. The first-order chi connectivity index (χ1) is 13.2. The van der Waals surface area contributed by atoms with Crippen LogP contribution in [-0.4, -0.2) is 41.3 Å². The summed E-state index contributed by atoms with van der Waals surface area (Å²) in [5.74, 6) is 0.948.